The van der Waals surface area contributed by atoms with Gasteiger partial charge < -0.3 is 19.5 Å². The molecule has 1 fully saturated rings. The number of nitrogens with zero attached hydrogens (tertiary/aromatic N) is 1. The van der Waals surface area contributed by atoms with Crippen molar-refractivity contribution in [3.63, 3.8) is 0 Å². The van der Waals surface area contributed by atoms with Crippen molar-refractivity contribution in [2.75, 3.05) is 47.1 Å². The minimum Gasteiger partial charge on any atom is -0.493 e. The molecular weight excluding hydrogens is 376 g/mol. The van der Waals surface area contributed by atoms with E-state index < -0.39 is 0 Å². The van der Waals surface area contributed by atoms with E-state index in [0.29, 0.717) is 18.0 Å². The third-order valence-electron chi connectivity index (χ3n) is 4.66. The summed E-state index contributed by atoms with van der Waals surface area (Å²) in [6.07, 6.45) is 3.32. The number of morpholine rings is 1. The molecule has 2 heterocycles. The van der Waals surface area contributed by atoms with Gasteiger partial charge in [0.2, 0.25) is 5.91 Å². The van der Waals surface area contributed by atoms with Gasteiger partial charge in [0.05, 0.1) is 33.5 Å². The Labute approximate surface area is 169 Å². The molecule has 6 nitrogen and oxygen atoms in total. The van der Waals surface area contributed by atoms with Crippen LogP contribution in [0.25, 0.3) is 6.08 Å². The maximum absolute atomic E-state index is 12.4. The molecule has 1 aliphatic heterocycles. The number of carbonyl (C=O) groups is 1. The summed E-state index contributed by atoms with van der Waals surface area (Å²) in [5.74, 6) is 1.17. The second kappa shape index (κ2) is 10.3. The molecule has 1 aromatic heterocycles. The van der Waals surface area contributed by atoms with Crippen LogP contribution in [0.1, 0.15) is 16.5 Å². The van der Waals surface area contributed by atoms with E-state index >= 15 is 0 Å². The zero-order valence-corrected chi connectivity index (χ0v) is 17.0. The van der Waals surface area contributed by atoms with Gasteiger partial charge in [-0.25, -0.2) is 0 Å². The number of carbonyl (C=O) groups excluding carboxylic acids is 1. The van der Waals surface area contributed by atoms with E-state index in [2.05, 4.69) is 21.7 Å². The Balaban J connectivity index is 1.60. The molecule has 2 aromatic rings. The van der Waals surface area contributed by atoms with E-state index in [-0.39, 0.29) is 11.9 Å². The molecule has 1 aliphatic rings. The summed E-state index contributed by atoms with van der Waals surface area (Å²) in [6, 6.07) is 9.88. The number of ether oxygens (including phenoxy) is 3. The molecule has 0 radical (unpaired) electrons. The molecule has 150 valence electrons. The Kier molecular flexibility index (Phi) is 7.47. The van der Waals surface area contributed by atoms with E-state index in [1.807, 2.05) is 24.3 Å². The number of methoxy groups -OCH3 is 2. The van der Waals surface area contributed by atoms with Crippen LogP contribution in [0.3, 0.4) is 0 Å². The number of nitrogens with one attached hydrogen (secondary N) is 1. The van der Waals surface area contributed by atoms with Crippen molar-refractivity contribution in [2.24, 2.45) is 0 Å². The van der Waals surface area contributed by atoms with Crippen LogP contribution in [-0.2, 0) is 9.53 Å². The third-order valence-corrected chi connectivity index (χ3v) is 5.64. The fourth-order valence-electron chi connectivity index (χ4n) is 3.16. The summed E-state index contributed by atoms with van der Waals surface area (Å²) < 4.78 is 16.0. The highest BCUT2D eigenvalue weighted by Gasteiger charge is 2.23. The Morgan fingerprint density at radius 1 is 1.25 bits per heavy atom. The van der Waals surface area contributed by atoms with Crippen LogP contribution in [-0.4, -0.2) is 57.9 Å². The Bertz CT molecular complexity index is 786. The first kappa shape index (κ1) is 20.4. The lowest BCUT2D eigenvalue weighted by Crippen LogP contribution is -2.43. The SMILES string of the molecule is COc1ccc(/C=C/C(=O)NCC(c2cccs2)N2CCOCC2)cc1OC. The average molecular weight is 403 g/mol. The monoisotopic (exact) mass is 402 g/mol. The molecule has 1 N–H and O–H groups in total. The lowest BCUT2D eigenvalue weighted by atomic mass is 10.1. The maximum Gasteiger partial charge on any atom is 0.244 e. The molecule has 0 spiro atoms. The number of hydrogen-bond donors (Lipinski definition) is 1. The largest absolute Gasteiger partial charge is 0.493 e. The molecule has 0 aliphatic carbocycles. The van der Waals surface area contributed by atoms with Gasteiger partial charge in [-0.3, -0.25) is 9.69 Å². The molecule has 1 aromatic carbocycles. The molecule has 7 heteroatoms. The number of thiophene rings is 1. The minimum atomic E-state index is -0.121. The van der Waals surface area contributed by atoms with Gasteiger partial charge in [-0.05, 0) is 35.2 Å². The van der Waals surface area contributed by atoms with Gasteiger partial charge in [-0.1, -0.05) is 12.1 Å². The van der Waals surface area contributed by atoms with Gasteiger partial charge in [0.1, 0.15) is 0 Å². The molecule has 0 saturated carbocycles. The van der Waals surface area contributed by atoms with Crippen molar-refractivity contribution in [1.29, 1.82) is 0 Å². The van der Waals surface area contributed by atoms with Gasteiger partial charge >= 0.3 is 0 Å². The Morgan fingerprint density at radius 3 is 2.71 bits per heavy atom. The van der Waals surface area contributed by atoms with Crippen molar-refractivity contribution < 1.29 is 19.0 Å². The summed E-state index contributed by atoms with van der Waals surface area (Å²) in [6.45, 7) is 3.78. The van der Waals surface area contributed by atoms with E-state index in [0.717, 1.165) is 31.9 Å². The lowest BCUT2D eigenvalue weighted by molar-refractivity contribution is -0.116. The van der Waals surface area contributed by atoms with Crippen LogP contribution in [0.5, 0.6) is 11.5 Å². The van der Waals surface area contributed by atoms with Crippen molar-refractivity contribution in [3.05, 3.63) is 52.2 Å². The number of benzene rings is 1. The summed E-state index contributed by atoms with van der Waals surface area (Å²) in [5, 5.41) is 5.10. The van der Waals surface area contributed by atoms with Crippen molar-refractivity contribution in [2.45, 2.75) is 6.04 Å². The molecule has 3 rings (SSSR count). The summed E-state index contributed by atoms with van der Waals surface area (Å²) in [4.78, 5) is 16.0. The normalized spacial score (nSPS) is 16.1. The Hall–Kier alpha value is -2.35. The Morgan fingerprint density at radius 2 is 2.04 bits per heavy atom. The van der Waals surface area contributed by atoms with Gasteiger partial charge in [0.25, 0.3) is 0 Å². The molecule has 1 unspecified atom stereocenters. The first-order valence-corrected chi connectivity index (χ1v) is 10.1. The number of amides is 1. The summed E-state index contributed by atoms with van der Waals surface area (Å²) in [7, 11) is 3.19. The smallest absolute Gasteiger partial charge is 0.244 e. The van der Waals surface area contributed by atoms with Gasteiger partial charge in [-0.15, -0.1) is 11.3 Å². The van der Waals surface area contributed by atoms with Crippen molar-refractivity contribution in [3.8, 4) is 11.5 Å². The first-order chi connectivity index (χ1) is 13.7. The number of hydrogen-bond acceptors (Lipinski definition) is 6. The standard InChI is InChI=1S/C21H26N2O4S/c1-25-18-7-5-16(14-19(18)26-2)6-8-21(24)22-15-17(20-4-3-13-28-20)23-9-11-27-12-10-23/h3-8,13-14,17H,9-12,15H2,1-2H3,(H,22,24)/b8-6+. The second-order valence-electron chi connectivity index (χ2n) is 6.37. The van der Waals surface area contributed by atoms with E-state index in [1.54, 1.807) is 37.7 Å². The van der Waals surface area contributed by atoms with Crippen LogP contribution in [0.2, 0.25) is 0 Å². The van der Waals surface area contributed by atoms with E-state index in [4.69, 9.17) is 14.2 Å². The fraction of sp³-hybridized carbons (Fsp3) is 0.381. The maximum atomic E-state index is 12.4. The average Bonchev–Trinajstić information content (AvgIpc) is 3.27. The third kappa shape index (κ3) is 5.34. The number of rotatable bonds is 8. The van der Waals surface area contributed by atoms with E-state index in [9.17, 15) is 4.79 Å². The van der Waals surface area contributed by atoms with Gasteiger partial charge in [0.15, 0.2) is 11.5 Å². The predicted octanol–water partition coefficient (Wildman–Crippen LogP) is 2.97. The van der Waals surface area contributed by atoms with Crippen molar-refractivity contribution >= 4 is 23.3 Å². The van der Waals surface area contributed by atoms with Crippen LogP contribution < -0.4 is 14.8 Å². The van der Waals surface area contributed by atoms with Gasteiger partial charge in [0, 0.05) is 30.6 Å². The lowest BCUT2D eigenvalue weighted by Gasteiger charge is -2.34. The van der Waals surface area contributed by atoms with Crippen LogP contribution in [0, 0.1) is 0 Å². The second-order valence-corrected chi connectivity index (χ2v) is 7.35. The van der Waals surface area contributed by atoms with Crippen LogP contribution in [0.15, 0.2) is 41.8 Å². The molecule has 1 saturated heterocycles. The fourth-order valence-corrected chi connectivity index (χ4v) is 4.03. The topological polar surface area (TPSA) is 60.0 Å². The highest BCUT2D eigenvalue weighted by Crippen LogP contribution is 2.28. The molecule has 1 atom stereocenters. The molecule has 28 heavy (non-hydrogen) atoms. The predicted molar refractivity (Wildman–Crippen MR) is 111 cm³/mol. The molecule has 0 bridgehead atoms. The van der Waals surface area contributed by atoms with Crippen LogP contribution in [0.4, 0.5) is 0 Å². The summed E-state index contributed by atoms with van der Waals surface area (Å²) in [5.41, 5.74) is 0.871. The molecule has 1 amide bonds. The molecular formula is C21H26N2O4S. The first-order valence-electron chi connectivity index (χ1n) is 9.24. The highest BCUT2D eigenvalue weighted by molar-refractivity contribution is 7.10. The quantitative estimate of drug-likeness (QED) is 0.688. The van der Waals surface area contributed by atoms with Crippen molar-refractivity contribution in [1.82, 2.24) is 10.2 Å². The zero-order valence-electron chi connectivity index (χ0n) is 16.2. The van der Waals surface area contributed by atoms with Gasteiger partial charge in [-0.2, -0.15) is 0 Å². The minimum absolute atomic E-state index is 0.121. The van der Waals surface area contributed by atoms with E-state index in [1.165, 1.54) is 4.88 Å². The zero-order chi connectivity index (χ0) is 19.8. The summed E-state index contributed by atoms with van der Waals surface area (Å²) >= 11 is 1.72. The van der Waals surface area contributed by atoms with Crippen LogP contribution >= 0.6 is 11.3 Å². The highest BCUT2D eigenvalue weighted by atomic mass is 32.1.